The van der Waals surface area contributed by atoms with Gasteiger partial charge in [-0.2, -0.15) is 0 Å². The summed E-state index contributed by atoms with van der Waals surface area (Å²) < 4.78 is 13.9. The highest BCUT2D eigenvalue weighted by Crippen LogP contribution is 2.28. The molecule has 0 saturated carbocycles. The summed E-state index contributed by atoms with van der Waals surface area (Å²) in [5.41, 5.74) is 6.88. The topological polar surface area (TPSA) is 38.9 Å². The number of halogens is 1. The largest absolute Gasteiger partial charge is 0.322 e. The minimum absolute atomic E-state index is 0.0135. The van der Waals surface area contributed by atoms with Crippen molar-refractivity contribution in [3.63, 3.8) is 0 Å². The van der Waals surface area contributed by atoms with Gasteiger partial charge in [0.1, 0.15) is 10.8 Å². The van der Waals surface area contributed by atoms with Gasteiger partial charge in [-0.25, -0.2) is 9.37 Å². The molecular formula is C12H15FN2S. The molecule has 1 atom stereocenters. The first-order valence-electron chi connectivity index (χ1n) is 5.52. The molecule has 2 N–H and O–H groups in total. The molecule has 0 bridgehead atoms. The maximum absolute atomic E-state index is 13.0. The fraction of sp³-hybridized carbons (Fsp3) is 0.417. The van der Waals surface area contributed by atoms with Gasteiger partial charge >= 0.3 is 0 Å². The van der Waals surface area contributed by atoms with E-state index in [1.165, 1.54) is 23.5 Å². The van der Waals surface area contributed by atoms with E-state index in [9.17, 15) is 4.39 Å². The minimum atomic E-state index is -0.218. The Morgan fingerprint density at radius 2 is 2.31 bits per heavy atom. The lowest BCUT2D eigenvalue weighted by Gasteiger charge is -2.05. The molecule has 2 rings (SSSR count). The number of nitrogens with zero attached hydrogens (tertiary/aromatic N) is 1. The number of unbranched alkanes of at least 4 members (excludes halogenated alkanes) is 1. The molecule has 1 aromatic carbocycles. The average Bonchev–Trinajstić information content (AvgIpc) is 2.68. The number of rotatable bonds is 4. The van der Waals surface area contributed by atoms with Crippen LogP contribution in [0.5, 0.6) is 0 Å². The molecule has 0 aliphatic rings. The van der Waals surface area contributed by atoms with Gasteiger partial charge in [0, 0.05) is 0 Å². The zero-order valence-corrected chi connectivity index (χ0v) is 10.1. The zero-order valence-electron chi connectivity index (χ0n) is 9.24. The van der Waals surface area contributed by atoms with E-state index in [0.29, 0.717) is 0 Å². The average molecular weight is 238 g/mol. The van der Waals surface area contributed by atoms with Gasteiger partial charge in [-0.3, -0.25) is 0 Å². The predicted molar refractivity (Wildman–Crippen MR) is 66.0 cm³/mol. The van der Waals surface area contributed by atoms with Crippen LogP contribution >= 0.6 is 11.3 Å². The van der Waals surface area contributed by atoms with Gasteiger partial charge in [-0.05, 0) is 24.6 Å². The maximum Gasteiger partial charge on any atom is 0.124 e. The second kappa shape index (κ2) is 4.89. The molecule has 0 spiro atoms. The highest BCUT2D eigenvalue weighted by atomic mass is 32.1. The summed E-state index contributed by atoms with van der Waals surface area (Å²) in [6.45, 7) is 2.14. The van der Waals surface area contributed by atoms with Crippen molar-refractivity contribution in [3.8, 4) is 0 Å². The Bertz CT molecular complexity index is 481. The molecule has 1 aromatic heterocycles. The predicted octanol–water partition coefficient (Wildman–Crippen LogP) is 3.63. The molecule has 0 aliphatic carbocycles. The van der Waals surface area contributed by atoms with Crippen LogP contribution in [0.2, 0.25) is 0 Å². The van der Waals surface area contributed by atoms with Crippen LogP contribution < -0.4 is 5.73 Å². The Labute approximate surface area is 98.3 Å². The van der Waals surface area contributed by atoms with Crippen molar-refractivity contribution in [2.75, 3.05) is 0 Å². The summed E-state index contributed by atoms with van der Waals surface area (Å²) in [4.78, 5) is 4.43. The van der Waals surface area contributed by atoms with Crippen molar-refractivity contribution < 1.29 is 4.39 Å². The van der Waals surface area contributed by atoms with Gasteiger partial charge in [0.25, 0.3) is 0 Å². The summed E-state index contributed by atoms with van der Waals surface area (Å²) in [5.74, 6) is -0.218. The molecule has 1 heterocycles. The highest BCUT2D eigenvalue weighted by molar-refractivity contribution is 7.18. The van der Waals surface area contributed by atoms with Crippen LogP contribution in [-0.4, -0.2) is 4.98 Å². The normalized spacial score (nSPS) is 13.2. The van der Waals surface area contributed by atoms with Crippen LogP contribution in [0.25, 0.3) is 10.2 Å². The van der Waals surface area contributed by atoms with Gasteiger partial charge in [0.2, 0.25) is 0 Å². The molecule has 4 heteroatoms. The summed E-state index contributed by atoms with van der Waals surface area (Å²) in [6.07, 6.45) is 3.18. The van der Waals surface area contributed by atoms with E-state index in [0.717, 1.165) is 34.5 Å². The van der Waals surface area contributed by atoms with E-state index in [2.05, 4.69) is 11.9 Å². The third-order valence-electron chi connectivity index (χ3n) is 2.55. The minimum Gasteiger partial charge on any atom is -0.322 e. The SMILES string of the molecule is CCCCC(N)c1nc2ccc(F)cc2s1. The Balaban J connectivity index is 2.25. The maximum atomic E-state index is 13.0. The van der Waals surface area contributed by atoms with Crippen molar-refractivity contribution in [2.45, 2.75) is 32.2 Å². The van der Waals surface area contributed by atoms with Crippen molar-refractivity contribution in [1.29, 1.82) is 0 Å². The van der Waals surface area contributed by atoms with Crippen molar-refractivity contribution >= 4 is 21.6 Å². The standard InChI is InChI=1S/C12H15FN2S/c1-2-3-4-9(14)12-15-10-6-5-8(13)7-11(10)16-12/h5-7,9H,2-4,14H2,1H3. The van der Waals surface area contributed by atoms with Gasteiger partial charge in [-0.15, -0.1) is 11.3 Å². The lowest BCUT2D eigenvalue weighted by Crippen LogP contribution is -2.09. The van der Waals surface area contributed by atoms with E-state index < -0.39 is 0 Å². The molecular weight excluding hydrogens is 223 g/mol. The Hall–Kier alpha value is -1.000. The van der Waals surface area contributed by atoms with Gasteiger partial charge < -0.3 is 5.73 Å². The number of nitrogens with two attached hydrogens (primary N) is 1. The summed E-state index contributed by atoms with van der Waals surface area (Å²) in [7, 11) is 0. The van der Waals surface area contributed by atoms with Crippen LogP contribution in [0.1, 0.15) is 37.2 Å². The van der Waals surface area contributed by atoms with Crippen molar-refractivity contribution in [2.24, 2.45) is 5.73 Å². The fourth-order valence-corrected chi connectivity index (χ4v) is 2.65. The zero-order chi connectivity index (χ0) is 11.5. The molecule has 86 valence electrons. The summed E-state index contributed by atoms with van der Waals surface area (Å²) in [5, 5.41) is 0.911. The second-order valence-corrected chi connectivity index (χ2v) is 4.98. The number of hydrogen-bond acceptors (Lipinski definition) is 3. The number of thiazole rings is 1. The molecule has 0 fully saturated rings. The molecule has 16 heavy (non-hydrogen) atoms. The first-order valence-corrected chi connectivity index (χ1v) is 6.34. The first-order chi connectivity index (χ1) is 7.70. The molecule has 0 radical (unpaired) electrons. The van der Waals surface area contributed by atoms with Gasteiger partial charge in [0.05, 0.1) is 16.3 Å². The van der Waals surface area contributed by atoms with Gasteiger partial charge in [-0.1, -0.05) is 19.8 Å². The molecule has 2 aromatic rings. The smallest absolute Gasteiger partial charge is 0.124 e. The third kappa shape index (κ3) is 2.39. The van der Waals surface area contributed by atoms with Crippen LogP contribution in [0.15, 0.2) is 18.2 Å². The molecule has 2 nitrogen and oxygen atoms in total. The third-order valence-corrected chi connectivity index (χ3v) is 3.70. The monoisotopic (exact) mass is 238 g/mol. The number of aromatic nitrogens is 1. The van der Waals surface area contributed by atoms with E-state index in [-0.39, 0.29) is 11.9 Å². The van der Waals surface area contributed by atoms with E-state index in [1.807, 2.05) is 0 Å². The van der Waals surface area contributed by atoms with Crippen LogP contribution in [0.4, 0.5) is 4.39 Å². The molecule has 0 saturated heterocycles. The Kier molecular flexibility index (Phi) is 3.51. The summed E-state index contributed by atoms with van der Waals surface area (Å²) >= 11 is 1.49. The molecule has 0 aliphatic heterocycles. The van der Waals surface area contributed by atoms with E-state index in [4.69, 9.17) is 5.73 Å². The Morgan fingerprint density at radius 1 is 1.50 bits per heavy atom. The highest BCUT2D eigenvalue weighted by Gasteiger charge is 2.11. The summed E-state index contributed by atoms with van der Waals surface area (Å²) in [6, 6.07) is 4.64. The van der Waals surface area contributed by atoms with E-state index in [1.54, 1.807) is 6.07 Å². The van der Waals surface area contributed by atoms with Crippen molar-refractivity contribution in [3.05, 3.63) is 29.0 Å². The van der Waals surface area contributed by atoms with Crippen LogP contribution in [-0.2, 0) is 0 Å². The quantitative estimate of drug-likeness (QED) is 0.883. The van der Waals surface area contributed by atoms with E-state index >= 15 is 0 Å². The van der Waals surface area contributed by atoms with Crippen LogP contribution in [0, 0.1) is 5.82 Å². The number of hydrogen-bond donors (Lipinski definition) is 1. The number of fused-ring (bicyclic) bond motifs is 1. The lowest BCUT2D eigenvalue weighted by atomic mass is 10.1. The van der Waals surface area contributed by atoms with Crippen molar-refractivity contribution in [1.82, 2.24) is 4.98 Å². The second-order valence-electron chi connectivity index (χ2n) is 3.91. The molecule has 0 amide bonds. The Morgan fingerprint density at radius 3 is 3.06 bits per heavy atom. The molecule has 1 unspecified atom stereocenters. The van der Waals surface area contributed by atoms with Gasteiger partial charge in [0.15, 0.2) is 0 Å². The number of benzene rings is 1. The first kappa shape index (κ1) is 11.5. The lowest BCUT2D eigenvalue weighted by molar-refractivity contribution is 0.601. The van der Waals surface area contributed by atoms with Crippen LogP contribution in [0.3, 0.4) is 0 Å². The fourth-order valence-electron chi connectivity index (χ4n) is 1.62.